The van der Waals surface area contributed by atoms with Crippen LogP contribution in [0.2, 0.25) is 0 Å². The van der Waals surface area contributed by atoms with E-state index < -0.39 is 0 Å². The van der Waals surface area contributed by atoms with Crippen LogP contribution in [0.1, 0.15) is 12.0 Å². The van der Waals surface area contributed by atoms with Crippen LogP contribution in [0.4, 0.5) is 11.4 Å². The van der Waals surface area contributed by atoms with Crippen molar-refractivity contribution in [3.63, 3.8) is 0 Å². The van der Waals surface area contributed by atoms with Crippen LogP contribution in [0.5, 0.6) is 17.2 Å². The topological polar surface area (TPSA) is 77.0 Å². The summed E-state index contributed by atoms with van der Waals surface area (Å²) in [6.07, 6.45) is 2.88. The van der Waals surface area contributed by atoms with Gasteiger partial charge in [0.05, 0.1) is 16.3 Å². The molecule has 0 saturated heterocycles. The molecule has 6 nitrogen and oxygen atoms in total. The first-order valence-electron chi connectivity index (χ1n) is 7.95. The van der Waals surface area contributed by atoms with Crippen LogP contribution in [-0.2, 0) is 6.54 Å². The van der Waals surface area contributed by atoms with Crippen molar-refractivity contribution in [2.24, 2.45) is 4.99 Å². The first kappa shape index (κ1) is 13.4. The molecule has 0 spiro atoms. The van der Waals surface area contributed by atoms with Gasteiger partial charge < -0.3 is 19.9 Å². The van der Waals surface area contributed by atoms with Crippen molar-refractivity contribution in [2.75, 3.05) is 18.7 Å². The molecule has 120 valence electrons. The lowest BCUT2D eigenvalue weighted by Crippen LogP contribution is -2.61. The molecule has 0 radical (unpaired) electrons. The molecule has 24 heavy (non-hydrogen) atoms. The number of aromatic hydroxyl groups is 1. The fourth-order valence-electron chi connectivity index (χ4n) is 3.36. The SMILES string of the molecule is Oc1c(NCc2ccc3c(c2)OCO3)cc2c3c1[NH+]=CC=3CCN=2. The normalized spacial score (nSPS) is 16.1. The number of benzene rings is 2. The van der Waals surface area contributed by atoms with Gasteiger partial charge in [0.15, 0.2) is 17.7 Å². The minimum absolute atomic E-state index is 0.234. The van der Waals surface area contributed by atoms with Gasteiger partial charge in [-0.3, -0.25) is 4.99 Å². The zero-order valence-corrected chi connectivity index (χ0v) is 12.9. The Hall–Kier alpha value is -3.02. The highest BCUT2D eigenvalue weighted by Crippen LogP contribution is 2.33. The Kier molecular flexibility index (Phi) is 2.79. The lowest BCUT2D eigenvalue weighted by molar-refractivity contribution is -0.345. The van der Waals surface area contributed by atoms with E-state index in [1.165, 1.54) is 5.57 Å². The Balaban J connectivity index is 1.48. The monoisotopic (exact) mass is 322 g/mol. The highest BCUT2D eigenvalue weighted by Gasteiger charge is 2.24. The van der Waals surface area contributed by atoms with Gasteiger partial charge in [0.2, 0.25) is 12.5 Å². The second kappa shape index (κ2) is 4.99. The second-order valence-corrected chi connectivity index (χ2v) is 6.03. The number of phenolic OH excluding ortho intramolecular Hbond substituents is 1. The lowest BCUT2D eigenvalue weighted by atomic mass is 10.1. The van der Waals surface area contributed by atoms with Gasteiger partial charge in [-0.05, 0) is 30.2 Å². The maximum absolute atomic E-state index is 10.6. The number of hydrogen-bond acceptors (Lipinski definition) is 5. The molecule has 3 aliphatic heterocycles. The fraction of sp³-hybridized carbons (Fsp3) is 0.222. The largest absolute Gasteiger partial charge is 0.501 e. The summed E-state index contributed by atoms with van der Waals surface area (Å²) in [5, 5.41) is 15.8. The molecule has 3 aliphatic rings. The first-order valence-corrected chi connectivity index (χ1v) is 7.95. The molecule has 3 N–H and O–H groups in total. The van der Waals surface area contributed by atoms with Crippen molar-refractivity contribution >= 4 is 23.2 Å². The van der Waals surface area contributed by atoms with Crippen LogP contribution in [-0.4, -0.2) is 24.7 Å². The summed E-state index contributed by atoms with van der Waals surface area (Å²) < 4.78 is 10.7. The molecule has 0 aliphatic carbocycles. The molecule has 0 atom stereocenters. The summed E-state index contributed by atoms with van der Waals surface area (Å²) in [7, 11) is 0. The smallest absolute Gasteiger partial charge is 0.257 e. The van der Waals surface area contributed by atoms with E-state index in [0.29, 0.717) is 12.2 Å². The van der Waals surface area contributed by atoms with E-state index in [4.69, 9.17) is 9.47 Å². The van der Waals surface area contributed by atoms with Crippen molar-refractivity contribution < 1.29 is 19.6 Å². The predicted molar refractivity (Wildman–Crippen MR) is 88.4 cm³/mol. The maximum atomic E-state index is 10.6. The van der Waals surface area contributed by atoms with Crippen LogP contribution in [0.15, 0.2) is 29.3 Å². The molecule has 2 aromatic rings. The predicted octanol–water partition coefficient (Wildman–Crippen LogP) is -0.296. The Bertz CT molecular complexity index is 1010. The number of nitrogens with one attached hydrogen (secondary N) is 2. The lowest BCUT2D eigenvalue weighted by Gasteiger charge is -2.10. The highest BCUT2D eigenvalue weighted by atomic mass is 16.7. The molecule has 0 unspecified atom stereocenters. The highest BCUT2D eigenvalue weighted by molar-refractivity contribution is 6.02. The number of hydrogen-bond donors (Lipinski definition) is 3. The zero-order valence-electron chi connectivity index (χ0n) is 12.9. The van der Waals surface area contributed by atoms with Crippen LogP contribution in [0.3, 0.4) is 0 Å². The van der Waals surface area contributed by atoms with E-state index in [2.05, 4.69) is 15.3 Å². The summed E-state index contributed by atoms with van der Waals surface area (Å²) in [5.41, 5.74) is 3.69. The third kappa shape index (κ3) is 1.96. The van der Waals surface area contributed by atoms with E-state index in [9.17, 15) is 5.11 Å². The Labute approximate surface area is 137 Å². The van der Waals surface area contributed by atoms with Crippen molar-refractivity contribution in [2.45, 2.75) is 13.0 Å². The average Bonchev–Trinajstić information content (AvgIpc) is 3.24. The van der Waals surface area contributed by atoms with Crippen molar-refractivity contribution in [3.8, 4) is 17.2 Å². The van der Waals surface area contributed by atoms with Gasteiger partial charge in [-0.1, -0.05) is 6.07 Å². The van der Waals surface area contributed by atoms with E-state index in [0.717, 1.165) is 46.3 Å². The summed E-state index contributed by atoms with van der Waals surface area (Å²) in [4.78, 5) is 7.75. The quantitative estimate of drug-likeness (QED) is 0.679. The average molecular weight is 322 g/mol. The van der Waals surface area contributed by atoms with Gasteiger partial charge in [-0.25, -0.2) is 4.99 Å². The van der Waals surface area contributed by atoms with Crippen LogP contribution in [0.25, 0.3) is 5.57 Å². The minimum atomic E-state index is 0.234. The number of fused-ring (bicyclic) bond motifs is 1. The molecular formula is C18H16N3O3+. The number of rotatable bonds is 3. The fourth-order valence-corrected chi connectivity index (χ4v) is 3.36. The molecule has 0 aromatic heterocycles. The van der Waals surface area contributed by atoms with E-state index in [1.807, 2.05) is 30.5 Å². The summed E-state index contributed by atoms with van der Waals surface area (Å²) >= 11 is 0. The van der Waals surface area contributed by atoms with Crippen LogP contribution >= 0.6 is 0 Å². The maximum Gasteiger partial charge on any atom is 0.257 e. The minimum Gasteiger partial charge on any atom is -0.501 e. The Morgan fingerprint density at radius 1 is 1.21 bits per heavy atom. The number of nitrogens with zero attached hydrogens (tertiary/aromatic N) is 1. The summed E-state index contributed by atoms with van der Waals surface area (Å²) in [6, 6.07) is 7.75. The third-order valence-corrected chi connectivity index (χ3v) is 4.57. The second-order valence-electron chi connectivity index (χ2n) is 6.03. The van der Waals surface area contributed by atoms with Gasteiger partial charge in [-0.2, -0.15) is 0 Å². The van der Waals surface area contributed by atoms with Gasteiger partial charge in [0.25, 0.3) is 5.69 Å². The van der Waals surface area contributed by atoms with Crippen molar-refractivity contribution in [3.05, 3.63) is 40.4 Å². The summed E-state index contributed by atoms with van der Waals surface area (Å²) in [5.74, 6) is 1.76. The van der Waals surface area contributed by atoms with Crippen LogP contribution in [0, 0.1) is 0 Å². The third-order valence-electron chi connectivity index (χ3n) is 4.57. The Morgan fingerprint density at radius 2 is 2.12 bits per heavy atom. The number of phenols is 1. The standard InChI is InChI=1S/C18H15N3O3/c22-18-13(6-12-16-11(3-4-19-12)8-21-17(16)18)20-7-10-1-2-14-15(5-10)24-9-23-14/h1-2,5-6,8,20,22H,3-4,7,9H2/p+1. The number of anilines is 1. The molecule has 0 amide bonds. The molecule has 5 rings (SSSR count). The number of ether oxygens (including phenoxy) is 2. The van der Waals surface area contributed by atoms with Crippen LogP contribution < -0.4 is 30.4 Å². The first-order chi connectivity index (χ1) is 11.8. The van der Waals surface area contributed by atoms with Gasteiger partial charge >= 0.3 is 0 Å². The Morgan fingerprint density at radius 3 is 3.08 bits per heavy atom. The van der Waals surface area contributed by atoms with Crippen molar-refractivity contribution in [1.82, 2.24) is 0 Å². The van der Waals surface area contributed by atoms with Gasteiger partial charge in [0, 0.05) is 18.7 Å². The molecule has 0 saturated carbocycles. The molecule has 6 heteroatoms. The molecular weight excluding hydrogens is 306 g/mol. The zero-order chi connectivity index (χ0) is 16.1. The molecule has 0 bridgehead atoms. The van der Waals surface area contributed by atoms with E-state index in [1.54, 1.807) is 0 Å². The van der Waals surface area contributed by atoms with Crippen molar-refractivity contribution in [1.29, 1.82) is 0 Å². The van der Waals surface area contributed by atoms with Gasteiger partial charge in [-0.15, -0.1) is 0 Å². The summed E-state index contributed by atoms with van der Waals surface area (Å²) in [6.45, 7) is 1.62. The van der Waals surface area contributed by atoms with Gasteiger partial charge in [0.1, 0.15) is 0 Å². The molecule has 2 aromatic carbocycles. The molecule has 0 fully saturated rings. The van der Waals surface area contributed by atoms with E-state index >= 15 is 0 Å². The van der Waals surface area contributed by atoms with E-state index in [-0.39, 0.29) is 12.5 Å². The molecule has 3 heterocycles.